The Kier molecular flexibility index (Phi) is 4.55. The van der Waals surface area contributed by atoms with Crippen LogP contribution in [0.15, 0.2) is 24.3 Å². The summed E-state index contributed by atoms with van der Waals surface area (Å²) in [7, 11) is 0. The summed E-state index contributed by atoms with van der Waals surface area (Å²) in [5.74, 6) is -0.232. The van der Waals surface area contributed by atoms with E-state index in [1.807, 2.05) is 11.6 Å². The fraction of sp³-hybridized carbons (Fsp3) is 0.471. The molecule has 1 aromatic heterocycles. The number of halogens is 1. The Hall–Kier alpha value is -1.72. The average Bonchev–Trinajstić information content (AvgIpc) is 2.82. The molecule has 5 heteroatoms. The third-order valence-electron chi connectivity index (χ3n) is 4.24. The first-order valence-corrected chi connectivity index (χ1v) is 7.77. The molecule has 1 saturated heterocycles. The van der Waals surface area contributed by atoms with Crippen LogP contribution in [0.25, 0.3) is 5.69 Å². The van der Waals surface area contributed by atoms with E-state index in [9.17, 15) is 4.39 Å². The second-order valence-corrected chi connectivity index (χ2v) is 5.83. The molecule has 0 radical (unpaired) electrons. The highest BCUT2D eigenvalue weighted by molar-refractivity contribution is 5.37. The van der Waals surface area contributed by atoms with Crippen LogP contribution in [-0.2, 0) is 11.3 Å². The predicted molar refractivity (Wildman–Crippen MR) is 83.7 cm³/mol. The van der Waals surface area contributed by atoms with Crippen LogP contribution < -0.4 is 5.32 Å². The number of ether oxygens (including phenoxy) is 1. The van der Waals surface area contributed by atoms with Crippen LogP contribution in [0.5, 0.6) is 0 Å². The number of hydrogen-bond acceptors (Lipinski definition) is 3. The van der Waals surface area contributed by atoms with Crippen molar-refractivity contribution in [2.24, 2.45) is 0 Å². The van der Waals surface area contributed by atoms with Crippen LogP contribution >= 0.6 is 0 Å². The maximum Gasteiger partial charge on any atom is 0.123 e. The topological polar surface area (TPSA) is 39.1 Å². The van der Waals surface area contributed by atoms with Crippen molar-refractivity contribution in [1.29, 1.82) is 0 Å². The molecule has 1 fully saturated rings. The molecule has 22 heavy (non-hydrogen) atoms. The van der Waals surface area contributed by atoms with Gasteiger partial charge < -0.3 is 10.1 Å². The molecule has 2 heterocycles. The molecule has 1 aliphatic heterocycles. The molecule has 2 aromatic rings. The predicted octanol–water partition coefficient (Wildman–Crippen LogP) is 2.90. The minimum Gasteiger partial charge on any atom is -0.380 e. The van der Waals surface area contributed by atoms with E-state index < -0.39 is 0 Å². The summed E-state index contributed by atoms with van der Waals surface area (Å²) in [5, 5.41) is 8.15. The molecular weight excluding hydrogens is 281 g/mol. The third kappa shape index (κ3) is 3.20. The highest BCUT2D eigenvalue weighted by atomic mass is 19.1. The molecule has 4 nitrogen and oxygen atoms in total. The van der Waals surface area contributed by atoms with Gasteiger partial charge in [0.15, 0.2) is 0 Å². The Balaban J connectivity index is 1.76. The summed E-state index contributed by atoms with van der Waals surface area (Å²) >= 11 is 0. The molecule has 0 spiro atoms. The molecule has 1 N–H and O–H groups in total. The zero-order valence-corrected chi connectivity index (χ0v) is 13.1. The van der Waals surface area contributed by atoms with E-state index in [2.05, 4.69) is 17.3 Å². The molecule has 1 aromatic carbocycles. The van der Waals surface area contributed by atoms with E-state index in [1.54, 1.807) is 12.1 Å². The van der Waals surface area contributed by atoms with Gasteiger partial charge in [-0.15, -0.1) is 0 Å². The van der Waals surface area contributed by atoms with Gasteiger partial charge in [0.1, 0.15) is 5.82 Å². The van der Waals surface area contributed by atoms with Gasteiger partial charge in [0, 0.05) is 30.5 Å². The van der Waals surface area contributed by atoms with Crippen molar-refractivity contribution < 1.29 is 9.13 Å². The normalized spacial score (nSPS) is 18.6. The van der Waals surface area contributed by atoms with Crippen molar-refractivity contribution in [3.8, 4) is 5.69 Å². The second-order valence-electron chi connectivity index (χ2n) is 5.83. The molecule has 0 saturated carbocycles. The van der Waals surface area contributed by atoms with Gasteiger partial charge in [-0.2, -0.15) is 5.10 Å². The largest absolute Gasteiger partial charge is 0.380 e. The van der Waals surface area contributed by atoms with E-state index in [1.165, 1.54) is 17.7 Å². The van der Waals surface area contributed by atoms with E-state index in [0.717, 1.165) is 49.7 Å². The number of rotatable bonds is 4. The zero-order chi connectivity index (χ0) is 15.5. The van der Waals surface area contributed by atoms with Gasteiger partial charge in [-0.05, 0) is 51.0 Å². The molecule has 0 aliphatic carbocycles. The van der Waals surface area contributed by atoms with Crippen LogP contribution in [0, 0.1) is 19.7 Å². The van der Waals surface area contributed by atoms with E-state index >= 15 is 0 Å². The van der Waals surface area contributed by atoms with Crippen LogP contribution in [0.1, 0.15) is 29.8 Å². The van der Waals surface area contributed by atoms with Crippen LogP contribution in [0.3, 0.4) is 0 Å². The van der Waals surface area contributed by atoms with Gasteiger partial charge in [-0.3, -0.25) is 0 Å². The first-order valence-electron chi connectivity index (χ1n) is 7.77. The highest BCUT2D eigenvalue weighted by Gasteiger charge is 2.17. The second kappa shape index (κ2) is 6.58. The first kappa shape index (κ1) is 15.2. The lowest BCUT2D eigenvalue weighted by atomic mass is 10.1. The molecule has 118 valence electrons. The SMILES string of the molecule is Cc1nn(-c2ccc(F)cc2)c(C)c1CN[C@@H]1CCCOC1. The molecular formula is C17H22FN3O. The van der Waals surface area contributed by atoms with Gasteiger partial charge in [0.25, 0.3) is 0 Å². The van der Waals surface area contributed by atoms with Gasteiger partial charge in [0.05, 0.1) is 18.0 Å². The quantitative estimate of drug-likeness (QED) is 0.944. The lowest BCUT2D eigenvalue weighted by Crippen LogP contribution is -2.36. The Morgan fingerprint density at radius 2 is 2.09 bits per heavy atom. The molecule has 1 aliphatic rings. The molecule has 0 amide bonds. The fourth-order valence-corrected chi connectivity index (χ4v) is 2.91. The first-order chi connectivity index (χ1) is 10.6. The minimum absolute atomic E-state index is 0.232. The average molecular weight is 303 g/mol. The smallest absolute Gasteiger partial charge is 0.123 e. The zero-order valence-electron chi connectivity index (χ0n) is 13.1. The summed E-state index contributed by atoms with van der Waals surface area (Å²) in [6.45, 7) is 6.51. The van der Waals surface area contributed by atoms with Crippen molar-refractivity contribution in [2.75, 3.05) is 13.2 Å². The van der Waals surface area contributed by atoms with E-state index in [0.29, 0.717) is 6.04 Å². The molecule has 1 atom stereocenters. The van der Waals surface area contributed by atoms with E-state index in [-0.39, 0.29) is 5.82 Å². The monoisotopic (exact) mass is 303 g/mol. The Morgan fingerprint density at radius 1 is 1.32 bits per heavy atom. The molecule has 0 unspecified atom stereocenters. The Morgan fingerprint density at radius 3 is 2.77 bits per heavy atom. The van der Waals surface area contributed by atoms with Crippen molar-refractivity contribution >= 4 is 0 Å². The maximum atomic E-state index is 13.1. The summed E-state index contributed by atoms with van der Waals surface area (Å²) in [6, 6.07) is 6.84. The van der Waals surface area contributed by atoms with Crippen molar-refractivity contribution in [3.63, 3.8) is 0 Å². The number of nitrogens with zero attached hydrogens (tertiary/aromatic N) is 2. The summed E-state index contributed by atoms with van der Waals surface area (Å²) < 4.78 is 20.4. The number of benzene rings is 1. The number of aromatic nitrogens is 2. The van der Waals surface area contributed by atoms with Crippen molar-refractivity contribution in [3.05, 3.63) is 47.0 Å². The van der Waals surface area contributed by atoms with Crippen molar-refractivity contribution in [2.45, 2.75) is 39.3 Å². The van der Waals surface area contributed by atoms with Gasteiger partial charge in [-0.1, -0.05) is 0 Å². The minimum atomic E-state index is -0.232. The van der Waals surface area contributed by atoms with Crippen LogP contribution in [0.4, 0.5) is 4.39 Å². The Labute approximate surface area is 130 Å². The van der Waals surface area contributed by atoms with Gasteiger partial charge in [0.2, 0.25) is 0 Å². The standard InChI is InChI=1S/C17H22FN3O/c1-12-17(10-19-15-4-3-9-22-11-15)13(2)21(20-12)16-7-5-14(18)6-8-16/h5-8,15,19H,3-4,9-11H2,1-2H3/t15-/m1/s1. The summed E-state index contributed by atoms with van der Waals surface area (Å²) in [6.07, 6.45) is 2.27. The molecule has 3 rings (SSSR count). The fourth-order valence-electron chi connectivity index (χ4n) is 2.91. The number of aryl methyl sites for hydroxylation is 1. The molecule has 0 bridgehead atoms. The van der Waals surface area contributed by atoms with Crippen LogP contribution in [0.2, 0.25) is 0 Å². The van der Waals surface area contributed by atoms with Gasteiger partial charge >= 0.3 is 0 Å². The number of nitrogens with one attached hydrogen (secondary N) is 1. The summed E-state index contributed by atoms with van der Waals surface area (Å²) in [5.41, 5.74) is 4.18. The summed E-state index contributed by atoms with van der Waals surface area (Å²) in [4.78, 5) is 0. The van der Waals surface area contributed by atoms with E-state index in [4.69, 9.17) is 4.74 Å². The van der Waals surface area contributed by atoms with Gasteiger partial charge in [-0.25, -0.2) is 9.07 Å². The lowest BCUT2D eigenvalue weighted by Gasteiger charge is -2.23. The number of hydrogen-bond donors (Lipinski definition) is 1. The Bertz CT molecular complexity index is 630. The maximum absolute atomic E-state index is 13.1. The van der Waals surface area contributed by atoms with Crippen LogP contribution in [-0.4, -0.2) is 29.0 Å². The third-order valence-corrected chi connectivity index (χ3v) is 4.24. The van der Waals surface area contributed by atoms with Crippen molar-refractivity contribution in [1.82, 2.24) is 15.1 Å². The lowest BCUT2D eigenvalue weighted by molar-refractivity contribution is 0.0699. The highest BCUT2D eigenvalue weighted by Crippen LogP contribution is 2.19.